The largest absolute Gasteiger partial charge is 0.387 e. The predicted molar refractivity (Wildman–Crippen MR) is 130 cm³/mol. The molecule has 8 nitrogen and oxygen atoms in total. The van der Waals surface area contributed by atoms with E-state index in [4.69, 9.17) is 28.9 Å². The predicted octanol–water partition coefficient (Wildman–Crippen LogP) is 4.42. The Morgan fingerprint density at radius 2 is 2.12 bits per heavy atom. The van der Waals surface area contributed by atoms with Crippen LogP contribution in [0.2, 0.25) is 10.0 Å². The number of aromatic nitrogens is 2. The molecule has 0 spiro atoms. The van der Waals surface area contributed by atoms with Crippen molar-refractivity contribution in [1.29, 1.82) is 0 Å². The Labute approximate surface area is 202 Å². The third kappa shape index (κ3) is 6.18. The molecule has 178 valence electrons. The zero-order chi connectivity index (χ0) is 24.2. The van der Waals surface area contributed by atoms with Crippen LogP contribution in [0, 0.1) is 5.82 Å². The monoisotopic (exact) mass is 514 g/mol. The first kappa shape index (κ1) is 25.3. The Morgan fingerprint density at radius 1 is 1.36 bits per heavy atom. The van der Waals surface area contributed by atoms with Crippen molar-refractivity contribution in [3.63, 3.8) is 0 Å². The van der Waals surface area contributed by atoms with E-state index in [1.54, 1.807) is 6.92 Å². The second-order valence-electron chi connectivity index (χ2n) is 7.88. The summed E-state index contributed by atoms with van der Waals surface area (Å²) in [5, 5.41) is 2.90. The van der Waals surface area contributed by atoms with Crippen LogP contribution in [0.3, 0.4) is 0 Å². The summed E-state index contributed by atoms with van der Waals surface area (Å²) < 4.78 is 32.7. The molecule has 1 aliphatic rings. The molecular weight excluding hydrogens is 490 g/mol. The molecule has 3 N–H and O–H groups in total. The van der Waals surface area contributed by atoms with Crippen LogP contribution in [0.15, 0.2) is 33.8 Å². The highest BCUT2D eigenvalue weighted by molar-refractivity contribution is 7.93. The van der Waals surface area contributed by atoms with Gasteiger partial charge in [-0.3, -0.25) is 9.79 Å². The number of pyridine rings is 2. The number of rotatable bonds is 7. The van der Waals surface area contributed by atoms with Crippen molar-refractivity contribution in [2.45, 2.75) is 38.6 Å². The van der Waals surface area contributed by atoms with E-state index in [0.717, 1.165) is 18.9 Å². The highest BCUT2D eigenvalue weighted by atomic mass is 35.5. The smallest absolute Gasteiger partial charge is 0.276 e. The third-order valence-electron chi connectivity index (χ3n) is 5.08. The molecule has 2 aromatic rings. The lowest BCUT2D eigenvalue weighted by atomic mass is 9.99. The van der Waals surface area contributed by atoms with Crippen molar-refractivity contribution in [2.24, 2.45) is 15.1 Å². The van der Waals surface area contributed by atoms with Crippen LogP contribution in [0.1, 0.15) is 49.3 Å². The van der Waals surface area contributed by atoms with E-state index in [2.05, 4.69) is 24.6 Å². The van der Waals surface area contributed by atoms with Gasteiger partial charge in [-0.15, -0.1) is 0 Å². The van der Waals surface area contributed by atoms with Gasteiger partial charge < -0.3 is 11.1 Å². The lowest BCUT2D eigenvalue weighted by molar-refractivity contribution is 0.102. The van der Waals surface area contributed by atoms with Crippen molar-refractivity contribution in [2.75, 3.05) is 23.4 Å². The maximum atomic E-state index is 15.0. The SMILES string of the molecule is CC/C(N)=N\C(C)(CS1(=O)=NCCCC1)c1nc(NC(=O)c2ncc(Cl)cc2Cl)ccc1F. The average molecular weight is 515 g/mol. The number of amides is 1. The van der Waals surface area contributed by atoms with E-state index < -0.39 is 27.0 Å². The summed E-state index contributed by atoms with van der Waals surface area (Å²) in [6.45, 7) is 3.93. The third-order valence-corrected chi connectivity index (χ3v) is 8.17. The van der Waals surface area contributed by atoms with Gasteiger partial charge >= 0.3 is 0 Å². The second kappa shape index (κ2) is 10.3. The molecule has 0 aliphatic carbocycles. The molecule has 1 amide bonds. The van der Waals surface area contributed by atoms with Crippen molar-refractivity contribution >= 4 is 50.5 Å². The number of nitrogens with one attached hydrogen (secondary N) is 1. The van der Waals surface area contributed by atoms with E-state index in [9.17, 15) is 9.00 Å². The standard InChI is InChI=1S/C21H25Cl2FN6O2S/c1-3-16(25)30-21(2,12-33(32)9-5-4-8-27-33)19-15(24)6-7-17(28-19)29-20(31)18-14(23)10-13(22)11-26-18/h6-7,10-11H,3-5,8-9,12H2,1-2H3,(H2,25,30)(H,28,29,31). The van der Waals surface area contributed by atoms with E-state index in [0.29, 0.717) is 18.7 Å². The minimum absolute atomic E-state index is 0.0351. The van der Waals surface area contributed by atoms with Gasteiger partial charge in [0.1, 0.15) is 28.6 Å². The van der Waals surface area contributed by atoms with E-state index in [-0.39, 0.29) is 38.8 Å². The number of hydrogen-bond donors (Lipinski definition) is 2. The molecule has 0 saturated carbocycles. The van der Waals surface area contributed by atoms with Crippen molar-refractivity contribution < 1.29 is 13.4 Å². The lowest BCUT2D eigenvalue weighted by Gasteiger charge is -2.29. The van der Waals surface area contributed by atoms with Crippen molar-refractivity contribution in [3.05, 3.63) is 51.6 Å². The molecule has 0 aromatic carbocycles. The molecular formula is C21H25Cl2FN6O2S. The van der Waals surface area contributed by atoms with E-state index >= 15 is 4.39 Å². The number of halogens is 3. The minimum Gasteiger partial charge on any atom is -0.387 e. The minimum atomic E-state index is -2.63. The molecule has 3 heterocycles. The van der Waals surface area contributed by atoms with Gasteiger partial charge in [-0.25, -0.2) is 22.9 Å². The van der Waals surface area contributed by atoms with E-state index in [1.165, 1.54) is 18.3 Å². The Morgan fingerprint density at radius 3 is 2.76 bits per heavy atom. The lowest BCUT2D eigenvalue weighted by Crippen LogP contribution is -2.36. The molecule has 0 bridgehead atoms. The van der Waals surface area contributed by atoms with Gasteiger partial charge in [0.15, 0.2) is 0 Å². The number of aliphatic imine (C=N–C) groups is 1. The van der Waals surface area contributed by atoms with Gasteiger partial charge in [-0.1, -0.05) is 30.1 Å². The van der Waals surface area contributed by atoms with Crippen LogP contribution >= 0.6 is 23.2 Å². The summed E-state index contributed by atoms with van der Waals surface area (Å²) in [5.74, 6) is -0.617. The first-order valence-corrected chi connectivity index (χ1v) is 13.0. The van der Waals surface area contributed by atoms with Gasteiger partial charge in [0.25, 0.3) is 5.91 Å². The quantitative estimate of drug-likeness (QED) is 0.418. The Balaban J connectivity index is 2.01. The normalized spacial score (nSPS) is 20.6. The van der Waals surface area contributed by atoms with E-state index in [1.807, 2.05) is 6.92 Å². The molecule has 1 aliphatic heterocycles. The van der Waals surface area contributed by atoms with Crippen LogP contribution in [0.5, 0.6) is 0 Å². The fourth-order valence-corrected chi connectivity index (χ4v) is 6.52. The number of nitrogens with two attached hydrogens (primary N) is 1. The molecule has 2 aromatic heterocycles. The first-order chi connectivity index (χ1) is 15.5. The molecule has 0 fully saturated rings. The van der Waals surface area contributed by atoms with Crippen LogP contribution in [-0.4, -0.2) is 44.0 Å². The fraction of sp³-hybridized carbons (Fsp3) is 0.429. The molecule has 0 radical (unpaired) electrons. The summed E-state index contributed by atoms with van der Waals surface area (Å²) in [6.07, 6.45) is 3.35. The first-order valence-electron chi connectivity index (χ1n) is 10.4. The summed E-state index contributed by atoms with van der Waals surface area (Å²) in [7, 11) is -2.63. The number of anilines is 1. The Hall–Kier alpha value is -2.30. The van der Waals surface area contributed by atoms with Gasteiger partial charge in [0.05, 0.1) is 21.6 Å². The molecule has 0 saturated heterocycles. The van der Waals surface area contributed by atoms with Gasteiger partial charge in [0.2, 0.25) is 0 Å². The highest BCUT2D eigenvalue weighted by Gasteiger charge is 2.36. The summed E-state index contributed by atoms with van der Waals surface area (Å²) in [6, 6.07) is 3.85. The molecule has 33 heavy (non-hydrogen) atoms. The molecule has 2 unspecified atom stereocenters. The summed E-state index contributed by atoms with van der Waals surface area (Å²) >= 11 is 11.9. The van der Waals surface area contributed by atoms with Gasteiger partial charge in [-0.2, -0.15) is 0 Å². The Kier molecular flexibility index (Phi) is 7.92. The van der Waals surface area contributed by atoms with Crippen molar-refractivity contribution in [3.8, 4) is 0 Å². The number of carbonyl (C=O) groups is 1. The topological polar surface area (TPSA) is 123 Å². The van der Waals surface area contributed by atoms with Crippen molar-refractivity contribution in [1.82, 2.24) is 9.97 Å². The number of hydrogen-bond acceptors (Lipinski definition) is 6. The number of nitrogens with zero attached hydrogens (tertiary/aromatic N) is 4. The number of carbonyl (C=O) groups excluding carboxylic acids is 1. The molecule has 3 rings (SSSR count). The number of amidine groups is 1. The van der Waals surface area contributed by atoms with Gasteiger partial charge in [0, 0.05) is 34.6 Å². The van der Waals surface area contributed by atoms with Gasteiger partial charge in [-0.05, 0) is 38.0 Å². The zero-order valence-electron chi connectivity index (χ0n) is 18.3. The summed E-state index contributed by atoms with van der Waals surface area (Å²) in [4.78, 5) is 25.4. The van der Waals surface area contributed by atoms with Crippen LogP contribution in [-0.2, 0) is 15.3 Å². The maximum absolute atomic E-state index is 15.0. The Bertz CT molecular complexity index is 1220. The zero-order valence-corrected chi connectivity index (χ0v) is 20.6. The van der Waals surface area contributed by atoms with Crippen LogP contribution in [0.4, 0.5) is 10.2 Å². The summed E-state index contributed by atoms with van der Waals surface area (Å²) in [5.41, 5.74) is 4.49. The molecule has 2 atom stereocenters. The second-order valence-corrected chi connectivity index (χ2v) is 11.2. The average Bonchev–Trinajstić information content (AvgIpc) is 2.74. The van der Waals surface area contributed by atoms with Crippen LogP contribution < -0.4 is 11.1 Å². The molecule has 12 heteroatoms. The van der Waals surface area contributed by atoms with Crippen LogP contribution in [0.25, 0.3) is 0 Å². The highest BCUT2D eigenvalue weighted by Crippen LogP contribution is 2.32. The fourth-order valence-electron chi connectivity index (χ4n) is 3.49. The maximum Gasteiger partial charge on any atom is 0.276 e.